The summed E-state index contributed by atoms with van der Waals surface area (Å²) in [7, 11) is 0. The fraction of sp³-hybridized carbons (Fsp3) is 0.611. The zero-order valence-electron chi connectivity index (χ0n) is 14.6. The zero-order valence-corrected chi connectivity index (χ0v) is 16.3. The predicted octanol–water partition coefficient (Wildman–Crippen LogP) is 3.80. The molecule has 25 heavy (non-hydrogen) atoms. The Morgan fingerprint density at radius 3 is 2.96 bits per heavy atom. The third-order valence-corrected chi connectivity index (χ3v) is 6.44. The van der Waals surface area contributed by atoms with Crippen LogP contribution >= 0.6 is 23.1 Å². The summed E-state index contributed by atoms with van der Waals surface area (Å²) in [5.41, 5.74) is 0.751. The van der Waals surface area contributed by atoms with E-state index in [1.165, 1.54) is 42.4 Å². The Bertz CT molecular complexity index is 778. The van der Waals surface area contributed by atoms with E-state index in [4.69, 9.17) is 0 Å². The molecule has 1 aliphatic rings. The summed E-state index contributed by atoms with van der Waals surface area (Å²) in [6.45, 7) is 2.76. The Morgan fingerprint density at radius 1 is 1.40 bits per heavy atom. The number of unbranched alkanes of at least 4 members (excludes halogenated alkanes) is 1. The maximum absolute atomic E-state index is 12.7. The van der Waals surface area contributed by atoms with Crippen molar-refractivity contribution in [1.29, 1.82) is 0 Å². The van der Waals surface area contributed by atoms with Gasteiger partial charge in [-0.15, -0.1) is 11.3 Å². The van der Waals surface area contributed by atoms with Crippen LogP contribution < -0.4 is 10.9 Å². The number of carbonyl (C=O) groups is 1. The number of nitrogens with one attached hydrogen (secondary N) is 1. The van der Waals surface area contributed by atoms with Crippen molar-refractivity contribution in [2.45, 2.75) is 69.6 Å². The second-order valence-electron chi connectivity index (χ2n) is 6.53. The van der Waals surface area contributed by atoms with Crippen LogP contribution in [0.15, 0.2) is 21.4 Å². The third kappa shape index (κ3) is 4.64. The van der Waals surface area contributed by atoms with Gasteiger partial charge >= 0.3 is 0 Å². The minimum Gasteiger partial charge on any atom is -0.353 e. The summed E-state index contributed by atoms with van der Waals surface area (Å²) in [4.78, 5) is 29.6. The quantitative estimate of drug-likeness (QED) is 0.587. The van der Waals surface area contributed by atoms with Crippen molar-refractivity contribution in [3.05, 3.63) is 21.8 Å². The first kappa shape index (κ1) is 18.5. The first-order valence-electron chi connectivity index (χ1n) is 9.09. The van der Waals surface area contributed by atoms with E-state index in [0.717, 1.165) is 31.2 Å². The van der Waals surface area contributed by atoms with Gasteiger partial charge in [-0.25, -0.2) is 4.98 Å². The number of fused-ring (bicyclic) bond motifs is 1. The molecule has 0 radical (unpaired) electrons. The average Bonchev–Trinajstić information content (AvgIpc) is 3.09. The van der Waals surface area contributed by atoms with Gasteiger partial charge in [-0.1, -0.05) is 44.4 Å². The Balaban J connectivity index is 1.70. The maximum Gasteiger partial charge on any atom is 0.272 e. The molecule has 2 aromatic rings. The molecule has 0 atom stereocenters. The van der Waals surface area contributed by atoms with E-state index >= 15 is 0 Å². The van der Waals surface area contributed by atoms with Gasteiger partial charge in [0, 0.05) is 12.6 Å². The molecule has 0 aliphatic heterocycles. The molecule has 3 rings (SSSR count). The summed E-state index contributed by atoms with van der Waals surface area (Å²) in [6.07, 6.45) is 7.78. The van der Waals surface area contributed by atoms with E-state index in [1.807, 2.05) is 11.4 Å². The topological polar surface area (TPSA) is 64.0 Å². The standard InChI is InChI=1S/C18H25N3O2S2/c1-2-3-10-21-17(23)16-14(9-11-24-16)20-18(21)25-12-15(22)19-13-7-5-4-6-8-13/h9,11,13H,2-8,10,12H2,1H3,(H,19,22). The second kappa shape index (κ2) is 8.85. The molecule has 1 N–H and O–H groups in total. The number of thioether (sulfide) groups is 1. The van der Waals surface area contributed by atoms with Crippen molar-refractivity contribution in [3.8, 4) is 0 Å². The van der Waals surface area contributed by atoms with Gasteiger partial charge in [0.25, 0.3) is 5.56 Å². The van der Waals surface area contributed by atoms with Crippen LogP contribution in [0.5, 0.6) is 0 Å². The van der Waals surface area contributed by atoms with E-state index in [-0.39, 0.29) is 11.5 Å². The fourth-order valence-electron chi connectivity index (χ4n) is 3.19. The molecule has 0 aromatic carbocycles. The molecule has 136 valence electrons. The van der Waals surface area contributed by atoms with Crippen LogP contribution in [-0.2, 0) is 11.3 Å². The van der Waals surface area contributed by atoms with Crippen LogP contribution in [-0.4, -0.2) is 27.3 Å². The number of aromatic nitrogens is 2. The van der Waals surface area contributed by atoms with E-state index < -0.39 is 0 Å². The lowest BCUT2D eigenvalue weighted by molar-refractivity contribution is -0.119. The SMILES string of the molecule is CCCCn1c(SCC(=O)NC2CCCCC2)nc2ccsc2c1=O. The Hall–Kier alpha value is -1.34. The van der Waals surface area contributed by atoms with Crippen molar-refractivity contribution >= 4 is 39.2 Å². The minimum atomic E-state index is 0.0173. The molecule has 1 amide bonds. The summed E-state index contributed by atoms with van der Waals surface area (Å²) >= 11 is 2.80. The van der Waals surface area contributed by atoms with Gasteiger partial charge in [0.05, 0.1) is 11.3 Å². The normalized spacial score (nSPS) is 15.6. The number of carbonyl (C=O) groups excluding carboxylic acids is 1. The van der Waals surface area contributed by atoms with Crippen molar-refractivity contribution in [1.82, 2.24) is 14.9 Å². The monoisotopic (exact) mass is 379 g/mol. The molecule has 2 heterocycles. The third-order valence-electron chi connectivity index (χ3n) is 4.57. The Kier molecular flexibility index (Phi) is 6.53. The molecule has 1 aliphatic carbocycles. The molecule has 5 nitrogen and oxygen atoms in total. The number of hydrogen-bond acceptors (Lipinski definition) is 5. The molecule has 7 heteroatoms. The van der Waals surface area contributed by atoms with Gasteiger partial charge in [0.2, 0.25) is 5.91 Å². The lowest BCUT2D eigenvalue weighted by Gasteiger charge is -2.22. The second-order valence-corrected chi connectivity index (χ2v) is 8.39. The first-order valence-corrected chi connectivity index (χ1v) is 11.0. The van der Waals surface area contributed by atoms with Crippen molar-refractivity contribution < 1.29 is 4.79 Å². The van der Waals surface area contributed by atoms with Gasteiger partial charge in [0.15, 0.2) is 5.16 Å². The number of hydrogen-bond donors (Lipinski definition) is 1. The van der Waals surface area contributed by atoms with Gasteiger partial charge in [-0.05, 0) is 30.7 Å². The highest BCUT2D eigenvalue weighted by Crippen LogP contribution is 2.22. The van der Waals surface area contributed by atoms with E-state index in [9.17, 15) is 9.59 Å². The molecule has 0 saturated heterocycles. The van der Waals surface area contributed by atoms with Crippen LogP contribution in [0.1, 0.15) is 51.9 Å². The number of amides is 1. The Morgan fingerprint density at radius 2 is 2.20 bits per heavy atom. The number of rotatable bonds is 7. The molecule has 1 saturated carbocycles. The van der Waals surface area contributed by atoms with Gasteiger partial charge in [0.1, 0.15) is 4.70 Å². The fourth-order valence-corrected chi connectivity index (χ4v) is 4.81. The van der Waals surface area contributed by atoms with Crippen LogP contribution in [0, 0.1) is 0 Å². The highest BCUT2D eigenvalue weighted by Gasteiger charge is 2.17. The molecule has 0 bridgehead atoms. The van der Waals surface area contributed by atoms with Crippen LogP contribution in [0.25, 0.3) is 10.2 Å². The van der Waals surface area contributed by atoms with Crippen molar-refractivity contribution in [2.24, 2.45) is 0 Å². The smallest absolute Gasteiger partial charge is 0.272 e. The largest absolute Gasteiger partial charge is 0.353 e. The maximum atomic E-state index is 12.7. The molecular formula is C18H25N3O2S2. The molecule has 1 fully saturated rings. The highest BCUT2D eigenvalue weighted by molar-refractivity contribution is 7.99. The van der Waals surface area contributed by atoms with Gasteiger partial charge in [-0.3, -0.25) is 14.2 Å². The molecule has 2 aromatic heterocycles. The summed E-state index contributed by atoms with van der Waals surface area (Å²) in [5.74, 6) is 0.351. The average molecular weight is 380 g/mol. The van der Waals surface area contributed by atoms with Crippen LogP contribution in [0.4, 0.5) is 0 Å². The van der Waals surface area contributed by atoms with Crippen molar-refractivity contribution in [2.75, 3.05) is 5.75 Å². The van der Waals surface area contributed by atoms with Crippen LogP contribution in [0.2, 0.25) is 0 Å². The van der Waals surface area contributed by atoms with Crippen LogP contribution in [0.3, 0.4) is 0 Å². The molecular weight excluding hydrogens is 354 g/mol. The predicted molar refractivity (Wildman–Crippen MR) is 105 cm³/mol. The zero-order chi connectivity index (χ0) is 17.6. The number of thiophene rings is 1. The minimum absolute atomic E-state index is 0.0173. The summed E-state index contributed by atoms with van der Waals surface area (Å²) < 4.78 is 2.44. The number of nitrogens with zero attached hydrogens (tertiary/aromatic N) is 2. The first-order chi connectivity index (χ1) is 12.2. The van der Waals surface area contributed by atoms with Crippen molar-refractivity contribution in [3.63, 3.8) is 0 Å². The summed E-state index contributed by atoms with van der Waals surface area (Å²) in [5, 5.41) is 5.68. The van der Waals surface area contributed by atoms with E-state index in [1.54, 1.807) is 4.57 Å². The lowest BCUT2D eigenvalue weighted by atomic mass is 9.95. The van der Waals surface area contributed by atoms with Gasteiger partial charge in [-0.2, -0.15) is 0 Å². The lowest BCUT2D eigenvalue weighted by Crippen LogP contribution is -2.37. The molecule has 0 spiro atoms. The molecule has 0 unspecified atom stereocenters. The highest BCUT2D eigenvalue weighted by atomic mass is 32.2. The summed E-state index contributed by atoms with van der Waals surface area (Å²) in [6, 6.07) is 2.19. The Labute approximate surface area is 156 Å². The van der Waals surface area contributed by atoms with E-state index in [0.29, 0.717) is 28.2 Å². The van der Waals surface area contributed by atoms with Gasteiger partial charge < -0.3 is 5.32 Å². The van der Waals surface area contributed by atoms with E-state index in [2.05, 4.69) is 17.2 Å².